The molecule has 0 saturated heterocycles. The molecule has 0 unspecified atom stereocenters. The zero-order valence-corrected chi connectivity index (χ0v) is 12.3. The number of hydrogen-bond donors (Lipinski definition) is 1. The molecule has 4 nitrogen and oxygen atoms in total. The second kappa shape index (κ2) is 5.95. The van der Waals surface area contributed by atoms with E-state index in [0.717, 1.165) is 22.0 Å². The third-order valence-corrected chi connectivity index (χ3v) is 3.38. The summed E-state index contributed by atoms with van der Waals surface area (Å²) in [6, 6.07) is 13.4. The van der Waals surface area contributed by atoms with Crippen LogP contribution in [0.25, 0.3) is 22.0 Å². The number of halogens is 1. The van der Waals surface area contributed by atoms with Crippen molar-refractivity contribution in [1.29, 1.82) is 0 Å². The SMILES string of the molecule is C=CC(=O)Nc1cccc(-c2ccc3cnc(Cl)nc3c2)c1. The number of rotatable bonds is 3. The summed E-state index contributed by atoms with van der Waals surface area (Å²) >= 11 is 5.84. The molecule has 3 aromatic rings. The molecule has 1 aromatic heterocycles. The number of fused-ring (bicyclic) bond motifs is 1. The molecule has 0 atom stereocenters. The topological polar surface area (TPSA) is 54.9 Å². The lowest BCUT2D eigenvalue weighted by molar-refractivity contribution is -0.111. The Bertz CT molecular complexity index is 877. The molecule has 108 valence electrons. The van der Waals surface area contributed by atoms with Crippen LogP contribution in [-0.4, -0.2) is 15.9 Å². The number of aromatic nitrogens is 2. The first-order valence-corrected chi connectivity index (χ1v) is 7.00. The number of nitrogens with zero attached hydrogens (tertiary/aromatic N) is 2. The first-order chi connectivity index (χ1) is 10.7. The fourth-order valence-corrected chi connectivity index (χ4v) is 2.29. The molecule has 0 saturated carbocycles. The van der Waals surface area contributed by atoms with Crippen molar-refractivity contribution >= 4 is 34.1 Å². The summed E-state index contributed by atoms with van der Waals surface area (Å²) in [4.78, 5) is 19.6. The molecule has 3 rings (SSSR count). The molecule has 1 amide bonds. The van der Waals surface area contributed by atoms with Gasteiger partial charge in [-0.05, 0) is 47.0 Å². The number of hydrogen-bond acceptors (Lipinski definition) is 3. The number of nitrogens with one attached hydrogen (secondary N) is 1. The zero-order chi connectivity index (χ0) is 15.5. The number of carbonyl (C=O) groups excluding carboxylic acids is 1. The number of benzene rings is 2. The predicted octanol–water partition coefficient (Wildman–Crippen LogP) is 4.07. The molecule has 0 bridgehead atoms. The van der Waals surface area contributed by atoms with Crippen LogP contribution in [-0.2, 0) is 4.79 Å². The van der Waals surface area contributed by atoms with Gasteiger partial charge in [-0.1, -0.05) is 30.8 Å². The third-order valence-electron chi connectivity index (χ3n) is 3.20. The second-order valence-corrected chi connectivity index (χ2v) is 5.02. The summed E-state index contributed by atoms with van der Waals surface area (Å²) < 4.78 is 0. The van der Waals surface area contributed by atoms with Crippen molar-refractivity contribution in [3.05, 3.63) is 66.6 Å². The summed E-state index contributed by atoms with van der Waals surface area (Å²) in [6.45, 7) is 3.44. The Hall–Kier alpha value is -2.72. The molecule has 0 spiro atoms. The van der Waals surface area contributed by atoms with E-state index in [-0.39, 0.29) is 11.2 Å². The van der Waals surface area contributed by atoms with Gasteiger partial charge >= 0.3 is 0 Å². The zero-order valence-electron chi connectivity index (χ0n) is 11.6. The quantitative estimate of drug-likeness (QED) is 0.586. The van der Waals surface area contributed by atoms with Crippen LogP contribution in [0.5, 0.6) is 0 Å². The molecule has 1 N–H and O–H groups in total. The molecule has 0 aliphatic carbocycles. The van der Waals surface area contributed by atoms with Crippen molar-refractivity contribution < 1.29 is 4.79 Å². The summed E-state index contributed by atoms with van der Waals surface area (Å²) in [5, 5.41) is 3.88. The van der Waals surface area contributed by atoms with Crippen molar-refractivity contribution in [3.8, 4) is 11.1 Å². The van der Waals surface area contributed by atoms with E-state index >= 15 is 0 Å². The summed E-state index contributed by atoms with van der Waals surface area (Å²) in [5.74, 6) is -0.241. The Morgan fingerprint density at radius 2 is 2.00 bits per heavy atom. The van der Waals surface area contributed by atoms with Gasteiger partial charge in [-0.3, -0.25) is 4.79 Å². The van der Waals surface area contributed by atoms with Crippen LogP contribution in [0.15, 0.2) is 61.3 Å². The molecule has 0 aliphatic heterocycles. The van der Waals surface area contributed by atoms with Crippen LogP contribution in [0.1, 0.15) is 0 Å². The molecule has 1 heterocycles. The Morgan fingerprint density at radius 1 is 1.18 bits per heavy atom. The predicted molar refractivity (Wildman–Crippen MR) is 88.8 cm³/mol. The average Bonchev–Trinajstić information content (AvgIpc) is 2.54. The van der Waals surface area contributed by atoms with E-state index in [1.165, 1.54) is 6.08 Å². The fraction of sp³-hybridized carbons (Fsp3) is 0. The second-order valence-electron chi connectivity index (χ2n) is 4.69. The van der Waals surface area contributed by atoms with Gasteiger partial charge in [0.05, 0.1) is 5.52 Å². The van der Waals surface area contributed by atoms with Gasteiger partial charge < -0.3 is 5.32 Å². The van der Waals surface area contributed by atoms with Crippen LogP contribution in [0.2, 0.25) is 5.28 Å². The molecular weight excluding hydrogens is 298 g/mol. The largest absolute Gasteiger partial charge is 0.323 e. The molecular formula is C17H12ClN3O. The van der Waals surface area contributed by atoms with Gasteiger partial charge in [0, 0.05) is 17.3 Å². The van der Waals surface area contributed by atoms with E-state index in [0.29, 0.717) is 5.69 Å². The fourth-order valence-electron chi connectivity index (χ4n) is 2.15. The van der Waals surface area contributed by atoms with Crippen molar-refractivity contribution in [2.75, 3.05) is 5.32 Å². The van der Waals surface area contributed by atoms with Gasteiger partial charge in [0.25, 0.3) is 0 Å². The molecule has 0 fully saturated rings. The summed E-state index contributed by atoms with van der Waals surface area (Å²) in [6.07, 6.45) is 2.93. The first kappa shape index (κ1) is 14.2. The maximum atomic E-state index is 11.4. The highest BCUT2D eigenvalue weighted by Crippen LogP contribution is 2.26. The van der Waals surface area contributed by atoms with Gasteiger partial charge in [0.2, 0.25) is 11.2 Å². The lowest BCUT2D eigenvalue weighted by Gasteiger charge is -2.07. The minimum atomic E-state index is -0.241. The minimum absolute atomic E-state index is 0.219. The lowest BCUT2D eigenvalue weighted by atomic mass is 10.0. The van der Waals surface area contributed by atoms with Gasteiger partial charge in [0.1, 0.15) is 0 Å². The maximum Gasteiger partial charge on any atom is 0.247 e. The van der Waals surface area contributed by atoms with Crippen LogP contribution in [0.3, 0.4) is 0 Å². The standard InChI is InChI=1S/C17H12ClN3O/c1-2-16(22)20-14-5-3-4-11(8-14)12-6-7-13-10-19-17(18)21-15(13)9-12/h2-10H,1H2,(H,20,22). The monoisotopic (exact) mass is 309 g/mol. The van der Waals surface area contributed by atoms with Crippen LogP contribution in [0, 0.1) is 0 Å². The highest BCUT2D eigenvalue weighted by Gasteiger charge is 2.04. The molecule has 0 radical (unpaired) electrons. The Labute approximate surface area is 132 Å². The van der Waals surface area contributed by atoms with E-state index in [1.807, 2.05) is 42.5 Å². The van der Waals surface area contributed by atoms with Crippen LogP contribution < -0.4 is 5.32 Å². The summed E-state index contributed by atoms with van der Waals surface area (Å²) in [7, 11) is 0. The normalized spacial score (nSPS) is 10.4. The first-order valence-electron chi connectivity index (χ1n) is 6.62. The van der Waals surface area contributed by atoms with E-state index in [4.69, 9.17) is 11.6 Å². The Balaban J connectivity index is 2.01. The van der Waals surface area contributed by atoms with E-state index in [9.17, 15) is 4.79 Å². The van der Waals surface area contributed by atoms with Gasteiger partial charge in [0.15, 0.2) is 0 Å². The van der Waals surface area contributed by atoms with Crippen molar-refractivity contribution in [2.24, 2.45) is 0 Å². The van der Waals surface area contributed by atoms with Gasteiger partial charge in [-0.25, -0.2) is 9.97 Å². The Kier molecular flexibility index (Phi) is 3.85. The third kappa shape index (κ3) is 2.97. The maximum absolute atomic E-state index is 11.4. The number of anilines is 1. The number of carbonyl (C=O) groups is 1. The molecule has 0 aliphatic rings. The molecule has 5 heteroatoms. The average molecular weight is 310 g/mol. The van der Waals surface area contributed by atoms with Gasteiger partial charge in [-0.15, -0.1) is 0 Å². The highest BCUT2D eigenvalue weighted by molar-refractivity contribution is 6.28. The van der Waals surface area contributed by atoms with Crippen molar-refractivity contribution in [3.63, 3.8) is 0 Å². The minimum Gasteiger partial charge on any atom is -0.323 e. The lowest BCUT2D eigenvalue weighted by Crippen LogP contribution is -2.06. The van der Waals surface area contributed by atoms with Crippen molar-refractivity contribution in [2.45, 2.75) is 0 Å². The van der Waals surface area contributed by atoms with Crippen molar-refractivity contribution in [1.82, 2.24) is 9.97 Å². The molecule has 22 heavy (non-hydrogen) atoms. The van der Waals surface area contributed by atoms with Crippen LogP contribution >= 0.6 is 11.6 Å². The van der Waals surface area contributed by atoms with E-state index in [2.05, 4.69) is 21.9 Å². The summed E-state index contributed by atoms with van der Waals surface area (Å²) in [5.41, 5.74) is 3.44. The van der Waals surface area contributed by atoms with Crippen LogP contribution in [0.4, 0.5) is 5.69 Å². The smallest absolute Gasteiger partial charge is 0.247 e. The van der Waals surface area contributed by atoms with E-state index in [1.54, 1.807) is 6.20 Å². The van der Waals surface area contributed by atoms with Gasteiger partial charge in [-0.2, -0.15) is 0 Å². The number of amides is 1. The molecule has 2 aromatic carbocycles. The van der Waals surface area contributed by atoms with E-state index < -0.39 is 0 Å². The highest BCUT2D eigenvalue weighted by atomic mass is 35.5. The Morgan fingerprint density at radius 3 is 2.82 bits per heavy atom.